The lowest BCUT2D eigenvalue weighted by molar-refractivity contribution is -0.136. The normalized spacial score (nSPS) is 17.7. The van der Waals surface area contributed by atoms with Crippen molar-refractivity contribution >= 4 is 34.8 Å². The molecule has 2 aliphatic heterocycles. The molecule has 0 unspecified atom stereocenters. The van der Waals surface area contributed by atoms with E-state index in [4.69, 9.17) is 23.2 Å². The average Bonchev–Trinajstić information content (AvgIpc) is 2.76. The summed E-state index contributed by atoms with van der Waals surface area (Å²) in [7, 11) is 1.95. The van der Waals surface area contributed by atoms with E-state index in [-0.39, 0.29) is 5.92 Å². The van der Waals surface area contributed by atoms with Crippen molar-refractivity contribution in [2.75, 3.05) is 44.7 Å². The van der Waals surface area contributed by atoms with Crippen LogP contribution in [-0.4, -0.2) is 55.5 Å². The van der Waals surface area contributed by atoms with Crippen molar-refractivity contribution < 1.29 is 4.79 Å². The molecule has 4 nitrogen and oxygen atoms in total. The number of hydrogen-bond acceptors (Lipinski definition) is 3. The minimum absolute atomic E-state index is 0.174. The van der Waals surface area contributed by atoms with Gasteiger partial charge in [0.2, 0.25) is 5.91 Å². The third kappa shape index (κ3) is 5.98. The first kappa shape index (κ1) is 26.3. The number of aryl methyl sites for hydroxylation is 2. The molecule has 35 heavy (non-hydrogen) atoms. The lowest BCUT2D eigenvalue weighted by atomic mass is 9.86. The van der Waals surface area contributed by atoms with E-state index in [1.54, 1.807) is 0 Å². The quantitative estimate of drug-likeness (QED) is 0.418. The Balaban J connectivity index is 1.34. The van der Waals surface area contributed by atoms with Crippen molar-refractivity contribution in [1.29, 1.82) is 0 Å². The van der Waals surface area contributed by atoms with Crippen LogP contribution in [0, 0.1) is 25.7 Å². The van der Waals surface area contributed by atoms with Gasteiger partial charge < -0.3 is 9.80 Å². The number of anilines is 1. The minimum atomic E-state index is 0.174. The Bertz CT molecular complexity index is 1010. The van der Waals surface area contributed by atoms with E-state index in [1.165, 1.54) is 22.3 Å². The van der Waals surface area contributed by atoms with Gasteiger partial charge in [0.1, 0.15) is 0 Å². The second-order valence-electron chi connectivity index (χ2n) is 11.0. The van der Waals surface area contributed by atoms with Crippen molar-refractivity contribution in [3.8, 4) is 0 Å². The number of hydrogen-bond donors (Lipinski definition) is 0. The molecular weight excluding hydrogens is 477 g/mol. The molecule has 2 saturated heterocycles. The van der Waals surface area contributed by atoms with Crippen molar-refractivity contribution in [3.05, 3.63) is 62.6 Å². The predicted octanol–water partition coefficient (Wildman–Crippen LogP) is 6.54. The van der Waals surface area contributed by atoms with Gasteiger partial charge in [0.05, 0.1) is 15.7 Å². The number of carbonyl (C=O) groups excluding carboxylic acids is 1. The zero-order valence-electron chi connectivity index (χ0n) is 21.8. The van der Waals surface area contributed by atoms with Crippen molar-refractivity contribution in [2.24, 2.45) is 11.8 Å². The molecule has 0 atom stereocenters. The van der Waals surface area contributed by atoms with Crippen LogP contribution in [0.5, 0.6) is 0 Å². The first-order valence-corrected chi connectivity index (χ1v) is 13.7. The lowest BCUT2D eigenvalue weighted by Crippen LogP contribution is -2.45. The molecule has 190 valence electrons. The summed E-state index contributed by atoms with van der Waals surface area (Å²) in [6, 6.07) is 10.4. The number of benzene rings is 2. The Kier molecular flexibility index (Phi) is 8.35. The van der Waals surface area contributed by atoms with Gasteiger partial charge in [-0.15, -0.1) is 0 Å². The number of carbonyl (C=O) groups is 1. The fourth-order valence-corrected chi connectivity index (χ4v) is 6.32. The zero-order valence-corrected chi connectivity index (χ0v) is 23.3. The maximum Gasteiger partial charge on any atom is 0.225 e. The van der Waals surface area contributed by atoms with Crippen LogP contribution in [0.3, 0.4) is 0 Å². The molecule has 2 fully saturated rings. The number of nitrogens with zero attached hydrogens (tertiary/aromatic N) is 3. The smallest absolute Gasteiger partial charge is 0.225 e. The summed E-state index contributed by atoms with van der Waals surface area (Å²) in [5.74, 6) is 1.50. The maximum atomic E-state index is 12.8. The first-order chi connectivity index (χ1) is 16.6. The second kappa shape index (κ2) is 11.1. The minimum Gasteiger partial charge on any atom is -0.368 e. The van der Waals surface area contributed by atoms with Gasteiger partial charge in [-0.05, 0) is 80.1 Å². The SMILES string of the molecule is Cc1cc(C2CN(c3c(Cl)cccc3Cl)C2)cc(C)c1CN1CCC(C(=O)N(C)CC(C)C)CC1. The van der Waals surface area contributed by atoms with E-state index in [9.17, 15) is 4.79 Å². The molecule has 1 amide bonds. The molecule has 6 heteroatoms. The first-order valence-electron chi connectivity index (χ1n) is 12.9. The van der Waals surface area contributed by atoms with Gasteiger partial charge in [0.15, 0.2) is 0 Å². The van der Waals surface area contributed by atoms with Crippen molar-refractivity contribution in [2.45, 2.75) is 53.0 Å². The molecule has 0 saturated carbocycles. The van der Waals surface area contributed by atoms with Gasteiger partial charge in [-0.3, -0.25) is 9.69 Å². The van der Waals surface area contributed by atoms with Crippen molar-refractivity contribution in [3.63, 3.8) is 0 Å². The fraction of sp³-hybridized carbons (Fsp3) is 0.552. The molecule has 0 bridgehead atoms. The Labute approximate surface area is 221 Å². The number of rotatable bonds is 7. The maximum absolute atomic E-state index is 12.8. The highest BCUT2D eigenvalue weighted by Crippen LogP contribution is 2.40. The number of piperidine rings is 1. The molecule has 0 aliphatic carbocycles. The second-order valence-corrected chi connectivity index (χ2v) is 11.8. The van der Waals surface area contributed by atoms with E-state index in [0.717, 1.165) is 67.8 Å². The van der Waals surface area contributed by atoms with Crippen LogP contribution >= 0.6 is 23.2 Å². The van der Waals surface area contributed by atoms with Gasteiger partial charge in [-0.2, -0.15) is 0 Å². The molecule has 0 radical (unpaired) electrons. The highest BCUT2D eigenvalue weighted by molar-refractivity contribution is 6.39. The standard InChI is InChI=1S/C29H39Cl2N3O/c1-19(2)15-32(5)29(35)22-9-11-33(12-10-22)18-25-20(3)13-23(14-21(25)4)24-16-34(17-24)28-26(30)7-6-8-27(28)31/h6-8,13-14,19,22,24H,9-12,15-18H2,1-5H3. The summed E-state index contributed by atoms with van der Waals surface area (Å²) in [5, 5.41) is 1.44. The highest BCUT2D eigenvalue weighted by atomic mass is 35.5. The van der Waals surface area contributed by atoms with E-state index in [2.05, 4.69) is 49.6 Å². The van der Waals surface area contributed by atoms with E-state index in [0.29, 0.717) is 17.7 Å². The number of amides is 1. The van der Waals surface area contributed by atoms with Crippen molar-refractivity contribution in [1.82, 2.24) is 9.80 Å². The molecule has 2 heterocycles. The third-order valence-electron chi connectivity index (χ3n) is 7.66. The Morgan fingerprint density at radius 1 is 1.06 bits per heavy atom. The third-order valence-corrected chi connectivity index (χ3v) is 8.27. The Hall–Kier alpha value is -1.75. The molecule has 2 aromatic carbocycles. The summed E-state index contributed by atoms with van der Waals surface area (Å²) in [4.78, 5) is 19.5. The van der Waals surface area contributed by atoms with Gasteiger partial charge in [0, 0.05) is 45.1 Å². The van der Waals surface area contributed by atoms with Gasteiger partial charge in [0.25, 0.3) is 0 Å². The summed E-state index contributed by atoms with van der Waals surface area (Å²) >= 11 is 12.8. The largest absolute Gasteiger partial charge is 0.368 e. The number of para-hydroxylation sites is 1. The van der Waals surface area contributed by atoms with Gasteiger partial charge in [-0.1, -0.05) is 55.2 Å². The van der Waals surface area contributed by atoms with E-state index < -0.39 is 0 Å². The van der Waals surface area contributed by atoms with E-state index >= 15 is 0 Å². The highest BCUT2D eigenvalue weighted by Gasteiger charge is 2.32. The molecular formula is C29H39Cl2N3O. The molecule has 0 aromatic heterocycles. The van der Waals surface area contributed by atoms with Gasteiger partial charge in [-0.25, -0.2) is 0 Å². The topological polar surface area (TPSA) is 26.8 Å². The summed E-state index contributed by atoms with van der Waals surface area (Å²) in [6.07, 6.45) is 1.92. The molecule has 0 spiro atoms. The monoisotopic (exact) mass is 515 g/mol. The predicted molar refractivity (Wildman–Crippen MR) is 148 cm³/mol. The number of likely N-dealkylation sites (tertiary alicyclic amines) is 1. The van der Waals surface area contributed by atoms with E-state index in [1.807, 2.05) is 30.1 Å². The van der Waals surface area contributed by atoms with Gasteiger partial charge >= 0.3 is 0 Å². The Morgan fingerprint density at radius 2 is 1.63 bits per heavy atom. The molecule has 4 rings (SSSR count). The molecule has 2 aliphatic rings. The average molecular weight is 517 g/mol. The molecule has 0 N–H and O–H groups in total. The number of halogens is 2. The molecule has 2 aromatic rings. The van der Waals surface area contributed by atoms with Crippen LogP contribution in [0.25, 0.3) is 0 Å². The van der Waals surface area contributed by atoms with Crippen LogP contribution < -0.4 is 4.90 Å². The summed E-state index contributed by atoms with van der Waals surface area (Å²) in [6.45, 7) is 14.5. The van der Waals surface area contributed by atoms with Crippen LogP contribution in [-0.2, 0) is 11.3 Å². The fourth-order valence-electron chi connectivity index (χ4n) is 5.69. The Morgan fingerprint density at radius 3 is 2.17 bits per heavy atom. The summed E-state index contributed by atoms with van der Waals surface area (Å²) < 4.78 is 0. The van der Waals surface area contributed by atoms with Crippen LogP contribution in [0.2, 0.25) is 10.0 Å². The van der Waals surface area contributed by atoms with Crippen LogP contribution in [0.15, 0.2) is 30.3 Å². The summed E-state index contributed by atoms with van der Waals surface area (Å²) in [5.41, 5.74) is 6.52. The van der Waals surface area contributed by atoms with Crippen LogP contribution in [0.1, 0.15) is 54.9 Å². The lowest BCUT2D eigenvalue weighted by Gasteiger charge is -2.42. The zero-order chi connectivity index (χ0) is 25.3. The van der Waals surface area contributed by atoms with Crippen LogP contribution in [0.4, 0.5) is 5.69 Å².